The lowest BCUT2D eigenvalue weighted by Crippen LogP contribution is -2.39. The second-order valence-electron chi connectivity index (χ2n) is 5.75. The van der Waals surface area contributed by atoms with E-state index in [4.69, 9.17) is 4.42 Å². The topological polar surface area (TPSA) is 72.1 Å². The van der Waals surface area contributed by atoms with E-state index in [2.05, 4.69) is 26.6 Å². The predicted octanol–water partition coefficient (Wildman–Crippen LogP) is 3.26. The van der Waals surface area contributed by atoms with Crippen LogP contribution in [0.3, 0.4) is 0 Å². The molecule has 3 aromatic heterocycles. The van der Waals surface area contributed by atoms with Gasteiger partial charge < -0.3 is 9.32 Å². The van der Waals surface area contributed by atoms with Gasteiger partial charge in [-0.1, -0.05) is 11.8 Å². The minimum Gasteiger partial charge on any atom is -0.411 e. The lowest BCUT2D eigenvalue weighted by atomic mass is 10.1. The van der Waals surface area contributed by atoms with E-state index in [0.29, 0.717) is 17.7 Å². The molecule has 25 heavy (non-hydrogen) atoms. The first-order chi connectivity index (χ1) is 12.2. The molecule has 0 radical (unpaired) electrons. The van der Waals surface area contributed by atoms with E-state index >= 15 is 0 Å². The molecule has 0 N–H and O–H groups in total. The summed E-state index contributed by atoms with van der Waals surface area (Å²) in [6, 6.07) is 5.72. The molecule has 0 bridgehead atoms. The molecule has 3 aromatic rings. The molecule has 0 aromatic carbocycles. The highest BCUT2D eigenvalue weighted by Gasteiger charge is 2.27. The van der Waals surface area contributed by atoms with Gasteiger partial charge in [0.15, 0.2) is 0 Å². The number of rotatable bonds is 4. The maximum atomic E-state index is 12.7. The van der Waals surface area contributed by atoms with E-state index in [1.54, 1.807) is 23.7 Å². The van der Waals surface area contributed by atoms with Gasteiger partial charge in [0.1, 0.15) is 0 Å². The van der Waals surface area contributed by atoms with Gasteiger partial charge in [0.2, 0.25) is 11.8 Å². The van der Waals surface area contributed by atoms with Crippen molar-refractivity contribution in [1.29, 1.82) is 0 Å². The summed E-state index contributed by atoms with van der Waals surface area (Å²) in [5.41, 5.74) is 2.08. The lowest BCUT2D eigenvalue weighted by molar-refractivity contribution is -0.131. The van der Waals surface area contributed by atoms with Crippen LogP contribution in [0.5, 0.6) is 0 Å². The number of thioether (sulfide) groups is 1. The molecule has 0 saturated carbocycles. The molecular weight excluding hydrogens is 356 g/mol. The van der Waals surface area contributed by atoms with Crippen LogP contribution in [0, 0.1) is 0 Å². The highest BCUT2D eigenvalue weighted by atomic mass is 32.2. The molecule has 1 aliphatic heterocycles. The molecule has 1 unspecified atom stereocenters. The Morgan fingerprint density at radius 1 is 1.32 bits per heavy atom. The Kier molecular flexibility index (Phi) is 4.54. The van der Waals surface area contributed by atoms with Gasteiger partial charge in [-0.2, -0.15) is 0 Å². The molecule has 0 fully saturated rings. The van der Waals surface area contributed by atoms with Crippen molar-refractivity contribution < 1.29 is 9.21 Å². The zero-order chi connectivity index (χ0) is 17.2. The van der Waals surface area contributed by atoms with Crippen LogP contribution in [0.25, 0.3) is 11.5 Å². The fraction of sp³-hybridized carbons (Fsp3) is 0.294. The Morgan fingerprint density at radius 3 is 3.00 bits per heavy atom. The number of amides is 1. The molecule has 1 aliphatic rings. The van der Waals surface area contributed by atoms with Gasteiger partial charge >= 0.3 is 0 Å². The van der Waals surface area contributed by atoms with E-state index in [1.807, 2.05) is 24.0 Å². The van der Waals surface area contributed by atoms with Crippen molar-refractivity contribution >= 4 is 29.0 Å². The molecule has 8 heteroatoms. The normalized spacial score (nSPS) is 15.0. The zero-order valence-electron chi connectivity index (χ0n) is 13.6. The standard InChI is InChI=1S/C17H16N4O2S2/c1-11(16(22)21-8-4-14-13(10-21)5-9-24-14)25-17-20-19-15(23-17)12-2-6-18-7-3-12/h2-3,5-7,9,11H,4,8,10H2,1H3. The van der Waals surface area contributed by atoms with Crippen LogP contribution >= 0.6 is 23.1 Å². The first-order valence-corrected chi connectivity index (χ1v) is 9.71. The zero-order valence-corrected chi connectivity index (χ0v) is 15.2. The third-order valence-electron chi connectivity index (χ3n) is 4.08. The number of hydrogen-bond acceptors (Lipinski definition) is 7. The average Bonchev–Trinajstić information content (AvgIpc) is 3.30. The van der Waals surface area contributed by atoms with Gasteiger partial charge in [0, 0.05) is 35.9 Å². The summed E-state index contributed by atoms with van der Waals surface area (Å²) in [5, 5.41) is 10.3. The molecule has 0 aliphatic carbocycles. The number of aromatic nitrogens is 3. The maximum absolute atomic E-state index is 12.7. The smallest absolute Gasteiger partial charge is 0.277 e. The largest absolute Gasteiger partial charge is 0.411 e. The van der Waals surface area contributed by atoms with Crippen LogP contribution in [0.4, 0.5) is 0 Å². The monoisotopic (exact) mass is 372 g/mol. The third kappa shape index (κ3) is 3.45. The molecule has 6 nitrogen and oxygen atoms in total. The minimum atomic E-state index is -0.272. The van der Waals surface area contributed by atoms with Crippen LogP contribution in [0.1, 0.15) is 17.4 Å². The Balaban J connectivity index is 1.41. The van der Waals surface area contributed by atoms with E-state index in [9.17, 15) is 4.79 Å². The second kappa shape index (κ2) is 6.97. The van der Waals surface area contributed by atoms with Gasteiger partial charge in [-0.05, 0) is 42.5 Å². The van der Waals surface area contributed by atoms with Crippen molar-refractivity contribution in [3.05, 3.63) is 46.4 Å². The van der Waals surface area contributed by atoms with Crippen molar-refractivity contribution in [2.24, 2.45) is 0 Å². The Bertz CT molecular complexity index is 878. The van der Waals surface area contributed by atoms with Gasteiger partial charge in [0.05, 0.1) is 5.25 Å². The Labute approximate surface area is 153 Å². The van der Waals surface area contributed by atoms with Crippen molar-refractivity contribution in [2.75, 3.05) is 6.54 Å². The van der Waals surface area contributed by atoms with Gasteiger partial charge in [-0.25, -0.2) is 0 Å². The lowest BCUT2D eigenvalue weighted by Gasteiger charge is -2.28. The number of hydrogen-bond donors (Lipinski definition) is 0. The summed E-state index contributed by atoms with van der Waals surface area (Å²) in [4.78, 5) is 20.0. The highest BCUT2D eigenvalue weighted by molar-refractivity contribution is 8.00. The summed E-state index contributed by atoms with van der Waals surface area (Å²) in [6.45, 7) is 3.34. The number of nitrogens with zero attached hydrogens (tertiary/aromatic N) is 4. The Hall–Kier alpha value is -2.19. The number of carbonyl (C=O) groups is 1. The van der Waals surface area contributed by atoms with E-state index in [-0.39, 0.29) is 11.2 Å². The number of carbonyl (C=O) groups excluding carboxylic acids is 1. The summed E-state index contributed by atoms with van der Waals surface area (Å²) < 4.78 is 5.67. The van der Waals surface area contributed by atoms with Crippen LogP contribution < -0.4 is 0 Å². The van der Waals surface area contributed by atoms with E-state index < -0.39 is 0 Å². The predicted molar refractivity (Wildman–Crippen MR) is 96.3 cm³/mol. The number of fused-ring (bicyclic) bond motifs is 1. The van der Waals surface area contributed by atoms with Crippen LogP contribution in [0.2, 0.25) is 0 Å². The fourth-order valence-electron chi connectivity index (χ4n) is 2.76. The molecule has 1 atom stereocenters. The minimum absolute atomic E-state index is 0.102. The SMILES string of the molecule is CC(Sc1nnc(-c2ccncc2)o1)C(=O)N1CCc2sccc2C1. The average molecular weight is 372 g/mol. The summed E-state index contributed by atoms with van der Waals surface area (Å²) in [7, 11) is 0. The van der Waals surface area contributed by atoms with Crippen LogP contribution in [-0.4, -0.2) is 37.8 Å². The molecule has 4 heterocycles. The van der Waals surface area contributed by atoms with Crippen molar-refractivity contribution in [3.8, 4) is 11.5 Å². The summed E-state index contributed by atoms with van der Waals surface area (Å²) >= 11 is 3.07. The van der Waals surface area contributed by atoms with E-state index in [0.717, 1.165) is 18.5 Å². The molecule has 4 rings (SSSR count). The van der Waals surface area contributed by atoms with Crippen molar-refractivity contribution in [3.63, 3.8) is 0 Å². The van der Waals surface area contributed by atoms with Crippen molar-refractivity contribution in [1.82, 2.24) is 20.1 Å². The molecule has 0 saturated heterocycles. The third-order valence-corrected chi connectivity index (χ3v) is 6.02. The van der Waals surface area contributed by atoms with E-state index in [1.165, 1.54) is 22.2 Å². The number of thiophene rings is 1. The first-order valence-electron chi connectivity index (χ1n) is 7.95. The van der Waals surface area contributed by atoms with Gasteiger partial charge in [-0.15, -0.1) is 21.5 Å². The maximum Gasteiger partial charge on any atom is 0.277 e. The fourth-order valence-corrected chi connectivity index (χ4v) is 4.42. The Morgan fingerprint density at radius 2 is 2.16 bits per heavy atom. The van der Waals surface area contributed by atoms with Crippen LogP contribution in [-0.2, 0) is 17.8 Å². The molecule has 0 spiro atoms. The molecular formula is C17H16N4O2S2. The van der Waals surface area contributed by atoms with Gasteiger partial charge in [0.25, 0.3) is 5.22 Å². The van der Waals surface area contributed by atoms with Crippen molar-refractivity contribution in [2.45, 2.75) is 30.4 Å². The first kappa shape index (κ1) is 16.3. The molecule has 1 amide bonds. The van der Waals surface area contributed by atoms with Crippen LogP contribution in [0.15, 0.2) is 45.6 Å². The summed E-state index contributed by atoms with van der Waals surface area (Å²) in [5.74, 6) is 0.538. The number of pyridine rings is 1. The summed E-state index contributed by atoms with van der Waals surface area (Å²) in [6.07, 6.45) is 4.28. The second-order valence-corrected chi connectivity index (χ2v) is 8.04. The van der Waals surface area contributed by atoms with Gasteiger partial charge in [-0.3, -0.25) is 9.78 Å². The highest BCUT2D eigenvalue weighted by Crippen LogP contribution is 2.29. The quantitative estimate of drug-likeness (QED) is 0.655. The molecule has 128 valence electrons.